The monoisotopic (exact) mass is 336 g/mol. The van der Waals surface area contributed by atoms with E-state index in [0.717, 1.165) is 34.8 Å². The number of hydrogen-bond donors (Lipinski definition) is 1. The number of benzene rings is 1. The zero-order valence-corrected chi connectivity index (χ0v) is 12.9. The first-order valence-electron chi connectivity index (χ1n) is 6.41. The van der Waals surface area contributed by atoms with Crippen molar-refractivity contribution in [3.63, 3.8) is 0 Å². The summed E-state index contributed by atoms with van der Waals surface area (Å²) in [7, 11) is 1.64. The lowest BCUT2D eigenvalue weighted by Gasteiger charge is -2.10. The fourth-order valence-corrected chi connectivity index (χ4v) is 2.14. The number of nitrogens with one attached hydrogen (secondary N) is 1. The van der Waals surface area contributed by atoms with Crippen molar-refractivity contribution in [3.8, 4) is 11.5 Å². The number of methoxy groups -OCH3 is 1. The summed E-state index contributed by atoms with van der Waals surface area (Å²) in [6.45, 7) is 1.47. The van der Waals surface area contributed by atoms with Gasteiger partial charge in [-0.05, 0) is 52.7 Å². The number of nitrogens with zero attached hydrogens (tertiary/aromatic N) is 1. The molecule has 0 fully saturated rings. The van der Waals surface area contributed by atoms with E-state index in [-0.39, 0.29) is 0 Å². The predicted molar refractivity (Wildman–Crippen MR) is 83.5 cm³/mol. The van der Waals surface area contributed by atoms with Gasteiger partial charge in [-0.1, -0.05) is 6.07 Å². The summed E-state index contributed by atoms with van der Waals surface area (Å²) >= 11 is 3.46. The van der Waals surface area contributed by atoms with Crippen LogP contribution in [0.2, 0.25) is 0 Å². The average Bonchev–Trinajstić information content (AvgIpc) is 2.49. The zero-order chi connectivity index (χ0) is 14.2. The van der Waals surface area contributed by atoms with Crippen LogP contribution in [0.4, 0.5) is 5.82 Å². The maximum atomic E-state index is 5.71. The Morgan fingerprint density at radius 3 is 2.85 bits per heavy atom. The van der Waals surface area contributed by atoms with Crippen molar-refractivity contribution in [2.75, 3.05) is 25.6 Å². The van der Waals surface area contributed by atoms with E-state index in [4.69, 9.17) is 9.47 Å². The van der Waals surface area contributed by atoms with Crippen molar-refractivity contribution in [2.45, 2.75) is 6.42 Å². The fourth-order valence-electron chi connectivity index (χ4n) is 1.66. The number of aromatic nitrogens is 1. The second kappa shape index (κ2) is 7.75. The van der Waals surface area contributed by atoms with Gasteiger partial charge < -0.3 is 14.8 Å². The Balaban J connectivity index is 1.71. The van der Waals surface area contributed by atoms with Crippen LogP contribution in [-0.2, 0) is 0 Å². The predicted octanol–water partition coefficient (Wildman–Crippen LogP) is 3.73. The van der Waals surface area contributed by atoms with Crippen LogP contribution >= 0.6 is 15.9 Å². The van der Waals surface area contributed by atoms with E-state index in [1.807, 2.05) is 36.4 Å². The molecule has 0 aliphatic heterocycles. The van der Waals surface area contributed by atoms with Gasteiger partial charge in [0.15, 0.2) is 0 Å². The first-order chi connectivity index (χ1) is 9.79. The highest BCUT2D eigenvalue weighted by atomic mass is 79.9. The Labute approximate surface area is 127 Å². The van der Waals surface area contributed by atoms with E-state index in [2.05, 4.69) is 26.2 Å². The molecular formula is C15H17BrN2O2. The molecule has 0 spiro atoms. The van der Waals surface area contributed by atoms with Gasteiger partial charge in [-0.15, -0.1) is 0 Å². The second-order valence-electron chi connectivity index (χ2n) is 4.14. The van der Waals surface area contributed by atoms with E-state index in [1.54, 1.807) is 13.3 Å². The Hall–Kier alpha value is -1.75. The molecular weight excluding hydrogens is 320 g/mol. The first-order valence-corrected chi connectivity index (χ1v) is 7.20. The quantitative estimate of drug-likeness (QED) is 0.782. The third-order valence-electron chi connectivity index (χ3n) is 2.69. The summed E-state index contributed by atoms with van der Waals surface area (Å²) < 4.78 is 11.7. The minimum atomic E-state index is 0.644. The average molecular weight is 337 g/mol. The summed E-state index contributed by atoms with van der Waals surface area (Å²) in [4.78, 5) is 4.19. The number of halogens is 1. The number of pyridine rings is 1. The molecule has 5 heteroatoms. The van der Waals surface area contributed by atoms with Crippen LogP contribution in [0.15, 0.2) is 47.1 Å². The highest BCUT2D eigenvalue weighted by Gasteiger charge is 2.02. The van der Waals surface area contributed by atoms with Gasteiger partial charge in [0.05, 0.1) is 18.2 Å². The highest BCUT2D eigenvalue weighted by Crippen LogP contribution is 2.29. The molecule has 20 heavy (non-hydrogen) atoms. The van der Waals surface area contributed by atoms with E-state index >= 15 is 0 Å². The molecule has 0 atom stereocenters. The molecule has 1 N–H and O–H groups in total. The molecule has 0 unspecified atom stereocenters. The summed E-state index contributed by atoms with van der Waals surface area (Å²) in [5.74, 6) is 2.52. The topological polar surface area (TPSA) is 43.4 Å². The SMILES string of the molecule is COc1ccc(OCCCNc2ccccn2)c(Br)c1. The van der Waals surface area contributed by atoms with E-state index < -0.39 is 0 Å². The molecule has 4 nitrogen and oxygen atoms in total. The lowest BCUT2D eigenvalue weighted by Crippen LogP contribution is -2.08. The smallest absolute Gasteiger partial charge is 0.133 e. The molecule has 1 aromatic heterocycles. The lowest BCUT2D eigenvalue weighted by molar-refractivity contribution is 0.312. The number of hydrogen-bond acceptors (Lipinski definition) is 4. The second-order valence-corrected chi connectivity index (χ2v) is 4.99. The van der Waals surface area contributed by atoms with E-state index in [9.17, 15) is 0 Å². The molecule has 1 aromatic carbocycles. The summed E-state index contributed by atoms with van der Waals surface area (Å²) in [5.41, 5.74) is 0. The molecule has 0 bridgehead atoms. The molecule has 0 radical (unpaired) electrons. The third kappa shape index (κ3) is 4.42. The van der Waals surface area contributed by atoms with Gasteiger partial charge in [-0.25, -0.2) is 4.98 Å². The number of rotatable bonds is 7. The van der Waals surface area contributed by atoms with Gasteiger partial charge in [0, 0.05) is 12.7 Å². The number of ether oxygens (including phenoxy) is 2. The maximum Gasteiger partial charge on any atom is 0.133 e. The van der Waals surface area contributed by atoms with Crippen molar-refractivity contribution in [1.82, 2.24) is 4.98 Å². The summed E-state index contributed by atoms with van der Waals surface area (Å²) in [6, 6.07) is 11.5. The Bertz CT molecular complexity index is 535. The minimum absolute atomic E-state index is 0.644. The normalized spacial score (nSPS) is 10.1. The van der Waals surface area contributed by atoms with Crippen molar-refractivity contribution < 1.29 is 9.47 Å². The minimum Gasteiger partial charge on any atom is -0.497 e. The molecule has 0 aliphatic carbocycles. The van der Waals surface area contributed by atoms with Gasteiger partial charge in [0.1, 0.15) is 17.3 Å². The van der Waals surface area contributed by atoms with Crippen molar-refractivity contribution >= 4 is 21.7 Å². The Kier molecular flexibility index (Phi) is 5.68. The zero-order valence-electron chi connectivity index (χ0n) is 11.3. The van der Waals surface area contributed by atoms with Crippen molar-refractivity contribution in [2.24, 2.45) is 0 Å². The van der Waals surface area contributed by atoms with Crippen LogP contribution in [0.3, 0.4) is 0 Å². The van der Waals surface area contributed by atoms with Crippen molar-refractivity contribution in [1.29, 1.82) is 0 Å². The van der Waals surface area contributed by atoms with Gasteiger partial charge in [0.25, 0.3) is 0 Å². The Morgan fingerprint density at radius 1 is 1.25 bits per heavy atom. The van der Waals surface area contributed by atoms with Gasteiger partial charge >= 0.3 is 0 Å². The largest absolute Gasteiger partial charge is 0.497 e. The summed E-state index contributed by atoms with van der Waals surface area (Å²) in [5, 5.41) is 3.24. The highest BCUT2D eigenvalue weighted by molar-refractivity contribution is 9.10. The maximum absolute atomic E-state index is 5.71. The number of anilines is 1. The van der Waals surface area contributed by atoms with Crippen LogP contribution in [0.25, 0.3) is 0 Å². The standard InChI is InChI=1S/C15H17BrN2O2/c1-19-12-6-7-14(13(16)11-12)20-10-4-9-18-15-5-2-3-8-17-15/h2-3,5-8,11H,4,9-10H2,1H3,(H,17,18). The lowest BCUT2D eigenvalue weighted by atomic mass is 10.3. The van der Waals surface area contributed by atoms with Crippen LogP contribution in [0.5, 0.6) is 11.5 Å². The first kappa shape index (κ1) is 14.7. The molecule has 0 saturated heterocycles. The molecule has 1 heterocycles. The van der Waals surface area contributed by atoms with Crippen LogP contribution in [-0.4, -0.2) is 25.2 Å². The van der Waals surface area contributed by atoms with E-state index in [0.29, 0.717) is 6.61 Å². The summed E-state index contributed by atoms with van der Waals surface area (Å²) in [6.07, 6.45) is 2.67. The molecule has 2 rings (SSSR count). The van der Waals surface area contributed by atoms with E-state index in [1.165, 1.54) is 0 Å². The van der Waals surface area contributed by atoms with Crippen LogP contribution < -0.4 is 14.8 Å². The van der Waals surface area contributed by atoms with Gasteiger partial charge in [-0.3, -0.25) is 0 Å². The molecule has 0 aliphatic rings. The Morgan fingerprint density at radius 2 is 2.15 bits per heavy atom. The fraction of sp³-hybridized carbons (Fsp3) is 0.267. The van der Waals surface area contributed by atoms with Crippen LogP contribution in [0.1, 0.15) is 6.42 Å². The molecule has 0 amide bonds. The van der Waals surface area contributed by atoms with Gasteiger partial charge in [-0.2, -0.15) is 0 Å². The van der Waals surface area contributed by atoms with Crippen LogP contribution in [0, 0.1) is 0 Å². The van der Waals surface area contributed by atoms with Gasteiger partial charge in [0.2, 0.25) is 0 Å². The molecule has 106 valence electrons. The molecule has 0 saturated carbocycles. The third-order valence-corrected chi connectivity index (χ3v) is 3.31. The van der Waals surface area contributed by atoms with Crippen molar-refractivity contribution in [3.05, 3.63) is 47.1 Å². The molecule has 2 aromatic rings.